The first-order valence-electron chi connectivity index (χ1n) is 7.97. The zero-order valence-corrected chi connectivity index (χ0v) is 15.3. The monoisotopic (exact) mass is 396 g/mol. The summed E-state index contributed by atoms with van der Waals surface area (Å²) in [6, 6.07) is 11.3. The number of hydrogen-bond acceptors (Lipinski definition) is 6. The van der Waals surface area contributed by atoms with Crippen LogP contribution in [0.4, 0.5) is 5.69 Å². The van der Waals surface area contributed by atoms with Crippen molar-refractivity contribution in [2.75, 3.05) is 11.5 Å². The topological polar surface area (TPSA) is 98.5 Å². The molecule has 0 aromatic heterocycles. The van der Waals surface area contributed by atoms with Gasteiger partial charge in [0.1, 0.15) is 5.75 Å². The molecule has 7 nitrogen and oxygen atoms in total. The van der Waals surface area contributed by atoms with Crippen molar-refractivity contribution in [2.24, 2.45) is 0 Å². The molecule has 3 rings (SSSR count). The highest BCUT2D eigenvalue weighted by molar-refractivity contribution is 7.91. The molecule has 2 aromatic rings. The number of ether oxygens (including phenoxy) is 1. The number of hydrogen-bond donors (Lipinski definition) is 1. The number of rotatable bonds is 6. The largest absolute Gasteiger partial charge is 0.450 e. The molecule has 26 heavy (non-hydrogen) atoms. The molecule has 1 aliphatic rings. The first-order chi connectivity index (χ1) is 12.3. The van der Waals surface area contributed by atoms with Gasteiger partial charge >= 0.3 is 5.69 Å². The summed E-state index contributed by atoms with van der Waals surface area (Å²) in [6.07, 6.45) is 0.629. The number of nitro groups is 1. The van der Waals surface area contributed by atoms with Crippen LogP contribution in [0.5, 0.6) is 11.5 Å². The zero-order chi connectivity index (χ0) is 18.7. The Balaban J connectivity index is 1.62. The van der Waals surface area contributed by atoms with Gasteiger partial charge in [-0.25, -0.2) is 8.42 Å². The van der Waals surface area contributed by atoms with E-state index in [0.717, 1.165) is 5.56 Å². The molecule has 1 heterocycles. The summed E-state index contributed by atoms with van der Waals surface area (Å²) in [7, 11) is -2.90. The summed E-state index contributed by atoms with van der Waals surface area (Å²) in [5.74, 6) is 0.982. The molecule has 1 saturated heterocycles. The van der Waals surface area contributed by atoms with E-state index in [4.69, 9.17) is 16.3 Å². The smallest absolute Gasteiger partial charge is 0.313 e. The Morgan fingerprint density at radius 3 is 2.58 bits per heavy atom. The third-order valence-corrected chi connectivity index (χ3v) is 6.10. The summed E-state index contributed by atoms with van der Waals surface area (Å²) in [6.45, 7) is 0.543. The summed E-state index contributed by atoms with van der Waals surface area (Å²) >= 11 is 5.79. The lowest BCUT2D eigenvalue weighted by Crippen LogP contribution is -2.29. The fourth-order valence-corrected chi connectivity index (χ4v) is 4.61. The van der Waals surface area contributed by atoms with Gasteiger partial charge in [0, 0.05) is 23.7 Å². The van der Waals surface area contributed by atoms with Crippen molar-refractivity contribution in [3.05, 3.63) is 63.2 Å². The predicted molar refractivity (Wildman–Crippen MR) is 98.5 cm³/mol. The summed E-state index contributed by atoms with van der Waals surface area (Å²) in [5, 5.41) is 14.6. The minimum Gasteiger partial charge on any atom is -0.450 e. The van der Waals surface area contributed by atoms with E-state index in [1.807, 2.05) is 12.1 Å². The number of nitro benzene ring substituents is 1. The van der Waals surface area contributed by atoms with E-state index in [9.17, 15) is 18.5 Å². The number of halogens is 1. The molecule has 1 N–H and O–H groups in total. The first kappa shape index (κ1) is 18.6. The molecule has 1 atom stereocenters. The molecule has 0 amide bonds. The second kappa shape index (κ2) is 7.61. The highest BCUT2D eigenvalue weighted by atomic mass is 35.5. The number of nitrogens with zero attached hydrogens (tertiary/aromatic N) is 1. The molecule has 0 radical (unpaired) electrons. The predicted octanol–water partition coefficient (Wildman–Crippen LogP) is 3.32. The van der Waals surface area contributed by atoms with Gasteiger partial charge in [-0.15, -0.1) is 0 Å². The molecule has 1 fully saturated rings. The maximum absolute atomic E-state index is 11.5. The van der Waals surface area contributed by atoms with Gasteiger partial charge in [0.25, 0.3) is 0 Å². The third kappa shape index (κ3) is 4.72. The Bertz CT molecular complexity index is 915. The quantitative estimate of drug-likeness (QED) is 0.594. The van der Waals surface area contributed by atoms with Crippen LogP contribution in [0.15, 0.2) is 42.5 Å². The average Bonchev–Trinajstić information content (AvgIpc) is 2.94. The van der Waals surface area contributed by atoms with E-state index in [1.165, 1.54) is 18.2 Å². The minimum absolute atomic E-state index is 0.0207. The molecule has 1 aliphatic heterocycles. The summed E-state index contributed by atoms with van der Waals surface area (Å²) in [5.41, 5.74) is 0.762. The van der Waals surface area contributed by atoms with Crippen molar-refractivity contribution < 1.29 is 18.1 Å². The lowest BCUT2D eigenvalue weighted by Gasteiger charge is -2.11. The molecule has 138 valence electrons. The van der Waals surface area contributed by atoms with Crippen molar-refractivity contribution in [1.82, 2.24) is 5.32 Å². The molecule has 2 aromatic carbocycles. The molecule has 0 bridgehead atoms. The van der Waals surface area contributed by atoms with Crippen LogP contribution in [0.1, 0.15) is 12.0 Å². The number of benzene rings is 2. The van der Waals surface area contributed by atoms with Crippen LogP contribution in [-0.2, 0) is 16.4 Å². The van der Waals surface area contributed by atoms with E-state index in [0.29, 0.717) is 18.7 Å². The molecule has 9 heteroatoms. The van der Waals surface area contributed by atoms with Crippen LogP contribution in [0.2, 0.25) is 5.02 Å². The van der Waals surface area contributed by atoms with Crippen LogP contribution in [0.3, 0.4) is 0 Å². The van der Waals surface area contributed by atoms with Gasteiger partial charge in [-0.1, -0.05) is 23.7 Å². The third-order valence-electron chi connectivity index (χ3n) is 4.10. The number of nitrogens with one attached hydrogen (secondary N) is 1. The second-order valence-electron chi connectivity index (χ2n) is 6.10. The van der Waals surface area contributed by atoms with Crippen LogP contribution in [0, 0.1) is 10.1 Å². The van der Waals surface area contributed by atoms with Gasteiger partial charge in [-0.3, -0.25) is 10.1 Å². The average molecular weight is 397 g/mol. The standard InChI is InChI=1S/C17H17ClN2O5S/c18-13-3-6-17(16(9-13)20(21)22)25-15-4-1-12(2-5-15)10-19-14-7-8-26(23,24)11-14/h1-6,9,14,19H,7-8,10-11H2. The van der Waals surface area contributed by atoms with Crippen molar-refractivity contribution in [1.29, 1.82) is 0 Å². The maximum Gasteiger partial charge on any atom is 0.313 e. The SMILES string of the molecule is O=[N+]([O-])c1cc(Cl)ccc1Oc1ccc(CNC2CCS(=O)(=O)C2)cc1. The van der Waals surface area contributed by atoms with E-state index >= 15 is 0 Å². The minimum atomic E-state index is -2.90. The lowest BCUT2D eigenvalue weighted by atomic mass is 10.2. The lowest BCUT2D eigenvalue weighted by molar-refractivity contribution is -0.385. The summed E-state index contributed by atoms with van der Waals surface area (Å²) in [4.78, 5) is 10.5. The van der Waals surface area contributed by atoms with Crippen molar-refractivity contribution in [2.45, 2.75) is 19.0 Å². The van der Waals surface area contributed by atoms with Gasteiger partial charge in [0.05, 0.1) is 16.4 Å². The zero-order valence-electron chi connectivity index (χ0n) is 13.7. The van der Waals surface area contributed by atoms with Gasteiger partial charge in [-0.2, -0.15) is 0 Å². The Morgan fingerprint density at radius 1 is 1.23 bits per heavy atom. The molecular formula is C17H17ClN2O5S. The van der Waals surface area contributed by atoms with E-state index in [1.54, 1.807) is 12.1 Å². The number of sulfone groups is 1. The van der Waals surface area contributed by atoms with Crippen LogP contribution in [-0.4, -0.2) is 30.9 Å². The van der Waals surface area contributed by atoms with Gasteiger partial charge in [-0.05, 0) is 36.2 Å². The van der Waals surface area contributed by atoms with E-state index in [2.05, 4.69) is 5.32 Å². The molecule has 0 spiro atoms. The highest BCUT2D eigenvalue weighted by Crippen LogP contribution is 2.33. The first-order valence-corrected chi connectivity index (χ1v) is 10.2. The molecule has 1 unspecified atom stereocenters. The van der Waals surface area contributed by atoms with Gasteiger partial charge in [0.15, 0.2) is 9.84 Å². The Kier molecular flexibility index (Phi) is 5.45. The second-order valence-corrected chi connectivity index (χ2v) is 8.76. The van der Waals surface area contributed by atoms with Gasteiger partial charge < -0.3 is 10.1 Å². The van der Waals surface area contributed by atoms with Crippen LogP contribution in [0.25, 0.3) is 0 Å². The van der Waals surface area contributed by atoms with Crippen LogP contribution >= 0.6 is 11.6 Å². The fraction of sp³-hybridized carbons (Fsp3) is 0.294. The molecule has 0 saturated carbocycles. The van der Waals surface area contributed by atoms with Gasteiger partial charge in [0.2, 0.25) is 5.75 Å². The van der Waals surface area contributed by atoms with Crippen LogP contribution < -0.4 is 10.1 Å². The highest BCUT2D eigenvalue weighted by Gasteiger charge is 2.27. The van der Waals surface area contributed by atoms with Crippen molar-refractivity contribution in [3.63, 3.8) is 0 Å². The Hall–Kier alpha value is -2.16. The fourth-order valence-electron chi connectivity index (χ4n) is 2.74. The maximum atomic E-state index is 11.5. The van der Waals surface area contributed by atoms with E-state index in [-0.39, 0.29) is 34.0 Å². The molecular weight excluding hydrogens is 380 g/mol. The van der Waals surface area contributed by atoms with Crippen molar-refractivity contribution in [3.8, 4) is 11.5 Å². The Labute approximate surface area is 156 Å². The Morgan fingerprint density at radius 2 is 1.96 bits per heavy atom. The van der Waals surface area contributed by atoms with Crippen molar-refractivity contribution >= 4 is 27.1 Å². The normalized spacial score (nSPS) is 18.6. The van der Waals surface area contributed by atoms with E-state index < -0.39 is 14.8 Å². The molecule has 0 aliphatic carbocycles. The summed E-state index contributed by atoms with van der Waals surface area (Å²) < 4.78 is 28.5.